The Hall–Kier alpha value is -0.540. The molecular weight excluding hydrogens is 288 g/mol. The van der Waals surface area contributed by atoms with Gasteiger partial charge in [0.1, 0.15) is 0 Å². The van der Waals surface area contributed by atoms with Gasteiger partial charge in [-0.15, -0.1) is 0 Å². The Labute approximate surface area is 118 Å². The summed E-state index contributed by atoms with van der Waals surface area (Å²) in [4.78, 5) is 2.56. The maximum atomic E-state index is 3.82. The van der Waals surface area contributed by atoms with Gasteiger partial charge in [0.05, 0.1) is 5.69 Å². The highest BCUT2D eigenvalue weighted by Crippen LogP contribution is 2.35. The van der Waals surface area contributed by atoms with Gasteiger partial charge in [0.25, 0.3) is 0 Å². The molecule has 0 aromatic heterocycles. The van der Waals surface area contributed by atoms with Crippen LogP contribution in [-0.4, -0.2) is 25.2 Å². The summed E-state index contributed by atoms with van der Waals surface area (Å²) in [6, 6.07) is 8.61. The molecule has 1 aromatic carbocycles. The number of anilines is 1. The van der Waals surface area contributed by atoms with Gasteiger partial charge in [0, 0.05) is 23.1 Å². The summed E-state index contributed by atoms with van der Waals surface area (Å²) in [5.41, 5.74) is 1.73. The minimum absolute atomic E-state index is 0.381. The van der Waals surface area contributed by atoms with Crippen molar-refractivity contribution in [3.63, 3.8) is 0 Å². The van der Waals surface area contributed by atoms with E-state index in [1.54, 1.807) is 0 Å². The molecule has 1 aromatic rings. The molecule has 0 atom stereocenters. The van der Waals surface area contributed by atoms with Crippen molar-refractivity contribution < 1.29 is 0 Å². The van der Waals surface area contributed by atoms with Gasteiger partial charge in [-0.1, -0.05) is 25.0 Å². The van der Waals surface area contributed by atoms with Gasteiger partial charge in [-0.2, -0.15) is 0 Å². The van der Waals surface area contributed by atoms with Crippen LogP contribution in [0.3, 0.4) is 0 Å². The number of hydrogen-bond donors (Lipinski definition) is 1. The molecular formula is C15H21BrN2. The second kappa shape index (κ2) is 5.22. The monoisotopic (exact) mass is 308 g/mol. The van der Waals surface area contributed by atoms with Crippen LogP contribution in [0.25, 0.3) is 0 Å². The lowest BCUT2D eigenvalue weighted by molar-refractivity contribution is 0.354. The van der Waals surface area contributed by atoms with E-state index in [-0.39, 0.29) is 0 Å². The van der Waals surface area contributed by atoms with E-state index in [2.05, 4.69) is 50.4 Å². The number of hydrogen-bond acceptors (Lipinski definition) is 2. The van der Waals surface area contributed by atoms with Crippen molar-refractivity contribution in [1.82, 2.24) is 5.32 Å². The maximum absolute atomic E-state index is 3.82. The molecule has 1 saturated heterocycles. The molecule has 2 fully saturated rings. The highest BCUT2D eigenvalue weighted by Gasteiger charge is 2.36. The van der Waals surface area contributed by atoms with Crippen LogP contribution >= 0.6 is 15.9 Å². The fraction of sp³-hybridized carbons (Fsp3) is 0.600. The van der Waals surface area contributed by atoms with Gasteiger partial charge in [-0.25, -0.2) is 0 Å². The second-order valence-electron chi connectivity index (χ2n) is 5.64. The summed E-state index contributed by atoms with van der Waals surface area (Å²) in [5, 5.41) is 3.82. The number of halogens is 1. The normalized spacial score (nSPS) is 23.3. The van der Waals surface area contributed by atoms with Crippen LogP contribution < -0.4 is 10.2 Å². The average molecular weight is 309 g/mol. The Kier molecular flexibility index (Phi) is 3.62. The molecule has 3 heteroatoms. The van der Waals surface area contributed by atoms with Gasteiger partial charge in [-0.3, -0.25) is 0 Å². The van der Waals surface area contributed by atoms with Crippen molar-refractivity contribution >= 4 is 21.6 Å². The topological polar surface area (TPSA) is 15.3 Å². The summed E-state index contributed by atoms with van der Waals surface area (Å²) in [6.07, 6.45) is 6.69. The third-order valence-corrected chi connectivity index (χ3v) is 5.02. The van der Waals surface area contributed by atoms with Crippen LogP contribution in [-0.2, 0) is 0 Å². The number of nitrogens with one attached hydrogen (secondary N) is 1. The summed E-state index contributed by atoms with van der Waals surface area (Å²) in [6.45, 7) is 3.49. The lowest BCUT2D eigenvalue weighted by Gasteiger charge is -2.34. The van der Waals surface area contributed by atoms with Crippen molar-refractivity contribution in [3.05, 3.63) is 28.7 Å². The molecule has 18 heavy (non-hydrogen) atoms. The van der Waals surface area contributed by atoms with E-state index < -0.39 is 0 Å². The standard InChI is InChI=1S/C15H21BrN2/c16-13-6-1-2-7-14(13)18-11-5-10-17-15(12-18)8-3-4-9-15/h1-2,6-7,17H,3-5,8-12H2. The lowest BCUT2D eigenvalue weighted by atomic mass is 9.97. The van der Waals surface area contributed by atoms with Crippen molar-refractivity contribution in [2.45, 2.75) is 37.6 Å². The Bertz CT molecular complexity index is 413. The average Bonchev–Trinajstić information content (AvgIpc) is 2.72. The minimum Gasteiger partial charge on any atom is -0.369 e. The van der Waals surface area contributed by atoms with Crippen molar-refractivity contribution in [3.8, 4) is 0 Å². The first-order valence-electron chi connectivity index (χ1n) is 7.04. The lowest BCUT2D eigenvalue weighted by Crippen LogP contribution is -2.49. The molecule has 1 spiro atoms. The molecule has 0 amide bonds. The second-order valence-corrected chi connectivity index (χ2v) is 6.50. The highest BCUT2D eigenvalue weighted by atomic mass is 79.9. The Morgan fingerprint density at radius 3 is 2.67 bits per heavy atom. The Balaban J connectivity index is 1.85. The fourth-order valence-electron chi connectivity index (χ4n) is 3.42. The minimum atomic E-state index is 0.381. The quantitative estimate of drug-likeness (QED) is 0.853. The van der Waals surface area contributed by atoms with Crippen LogP contribution in [0.5, 0.6) is 0 Å². The first kappa shape index (κ1) is 12.5. The van der Waals surface area contributed by atoms with Crippen LogP contribution in [0.1, 0.15) is 32.1 Å². The highest BCUT2D eigenvalue weighted by molar-refractivity contribution is 9.10. The molecule has 0 bridgehead atoms. The molecule has 2 aliphatic rings. The van der Waals surface area contributed by atoms with Crippen LogP contribution in [0, 0.1) is 0 Å². The summed E-state index contributed by atoms with van der Waals surface area (Å²) in [5.74, 6) is 0. The van der Waals surface area contributed by atoms with Crippen molar-refractivity contribution in [2.75, 3.05) is 24.5 Å². The summed E-state index contributed by atoms with van der Waals surface area (Å²) >= 11 is 3.69. The largest absolute Gasteiger partial charge is 0.369 e. The number of benzene rings is 1. The number of nitrogens with zero attached hydrogens (tertiary/aromatic N) is 1. The fourth-order valence-corrected chi connectivity index (χ4v) is 3.96. The van der Waals surface area contributed by atoms with E-state index in [1.807, 2.05) is 0 Å². The van der Waals surface area contributed by atoms with E-state index >= 15 is 0 Å². The van der Waals surface area contributed by atoms with E-state index in [9.17, 15) is 0 Å². The molecule has 1 aliphatic carbocycles. The third-order valence-electron chi connectivity index (χ3n) is 4.35. The van der Waals surface area contributed by atoms with Gasteiger partial charge < -0.3 is 10.2 Å². The molecule has 3 rings (SSSR count). The van der Waals surface area contributed by atoms with Crippen molar-refractivity contribution in [2.24, 2.45) is 0 Å². The summed E-state index contributed by atoms with van der Waals surface area (Å²) in [7, 11) is 0. The van der Waals surface area contributed by atoms with Crippen LogP contribution in [0.4, 0.5) is 5.69 Å². The zero-order valence-corrected chi connectivity index (χ0v) is 12.4. The van der Waals surface area contributed by atoms with Crippen molar-refractivity contribution in [1.29, 1.82) is 0 Å². The Morgan fingerprint density at radius 2 is 1.89 bits per heavy atom. The smallest absolute Gasteiger partial charge is 0.0511 e. The Morgan fingerprint density at radius 1 is 1.11 bits per heavy atom. The van der Waals surface area contributed by atoms with Crippen LogP contribution in [0.15, 0.2) is 28.7 Å². The van der Waals surface area contributed by atoms with Gasteiger partial charge in [-0.05, 0) is 53.9 Å². The van der Waals surface area contributed by atoms with E-state index in [0.717, 1.165) is 13.1 Å². The molecule has 1 aliphatic heterocycles. The predicted octanol–water partition coefficient (Wildman–Crippen LogP) is 3.56. The number of para-hydroxylation sites is 1. The van der Waals surface area contributed by atoms with E-state index in [0.29, 0.717) is 5.54 Å². The van der Waals surface area contributed by atoms with E-state index in [1.165, 1.54) is 48.8 Å². The van der Waals surface area contributed by atoms with Gasteiger partial charge >= 0.3 is 0 Å². The molecule has 1 heterocycles. The molecule has 1 N–H and O–H groups in total. The zero-order valence-electron chi connectivity index (χ0n) is 10.8. The zero-order chi connectivity index (χ0) is 12.4. The van der Waals surface area contributed by atoms with Gasteiger partial charge in [0.2, 0.25) is 0 Å². The van der Waals surface area contributed by atoms with Crippen LogP contribution in [0.2, 0.25) is 0 Å². The maximum Gasteiger partial charge on any atom is 0.0511 e. The number of rotatable bonds is 1. The SMILES string of the molecule is Brc1ccccc1N1CCCNC2(CCCC2)C1. The molecule has 0 unspecified atom stereocenters. The molecule has 0 radical (unpaired) electrons. The first-order chi connectivity index (χ1) is 8.79. The van der Waals surface area contributed by atoms with E-state index in [4.69, 9.17) is 0 Å². The van der Waals surface area contributed by atoms with Gasteiger partial charge in [0.15, 0.2) is 0 Å². The first-order valence-corrected chi connectivity index (χ1v) is 7.83. The molecule has 2 nitrogen and oxygen atoms in total. The summed E-state index contributed by atoms with van der Waals surface area (Å²) < 4.78 is 1.22. The third kappa shape index (κ3) is 2.43. The molecule has 98 valence electrons. The predicted molar refractivity (Wildman–Crippen MR) is 80.2 cm³/mol. The molecule has 1 saturated carbocycles.